The van der Waals surface area contributed by atoms with E-state index in [1.54, 1.807) is 32.4 Å². The number of benzene rings is 1. The summed E-state index contributed by atoms with van der Waals surface area (Å²) in [5.41, 5.74) is 1.03. The Morgan fingerprint density at radius 2 is 1.84 bits per heavy atom. The Bertz CT molecular complexity index is 1880. The molecule has 1 N–H and O–H groups in total. The minimum absolute atomic E-state index is 0.0903. The number of imidazole rings is 1. The van der Waals surface area contributed by atoms with Gasteiger partial charge in [0.1, 0.15) is 5.82 Å². The van der Waals surface area contributed by atoms with Crippen LogP contribution in [0.2, 0.25) is 0 Å². The first-order chi connectivity index (χ1) is 20.7. The zero-order valence-electron chi connectivity index (χ0n) is 25.2. The van der Waals surface area contributed by atoms with Gasteiger partial charge in [0.25, 0.3) is 5.56 Å². The van der Waals surface area contributed by atoms with E-state index in [-0.39, 0.29) is 43.5 Å². The predicted octanol–water partition coefficient (Wildman–Crippen LogP) is 2.96. The molecule has 4 aromatic rings. The van der Waals surface area contributed by atoms with Gasteiger partial charge in [-0.25, -0.2) is 24.4 Å². The molecule has 0 radical (unpaired) electrons. The Hall–Kier alpha value is -3.82. The fraction of sp³-hybridized carbons (Fsp3) is 0.483. The second kappa shape index (κ2) is 12.8. The maximum atomic E-state index is 14.0. The summed E-state index contributed by atoms with van der Waals surface area (Å²) < 4.78 is 28.4. The van der Waals surface area contributed by atoms with E-state index < -0.39 is 19.0 Å². The van der Waals surface area contributed by atoms with Crippen LogP contribution in [-0.4, -0.2) is 61.0 Å². The lowest BCUT2D eigenvalue weighted by Gasteiger charge is -2.35. The first-order valence-electron chi connectivity index (χ1n) is 14.4. The smallest absolute Gasteiger partial charge is 0.341 e. The van der Waals surface area contributed by atoms with Gasteiger partial charge in [-0.1, -0.05) is 24.1 Å². The van der Waals surface area contributed by atoms with Crippen molar-refractivity contribution in [2.75, 3.05) is 31.2 Å². The Morgan fingerprint density at radius 1 is 1.09 bits per heavy atom. The molecular weight excluding hydrogens is 571 g/mol. The van der Waals surface area contributed by atoms with Crippen molar-refractivity contribution < 1.29 is 13.6 Å². The van der Waals surface area contributed by atoms with Crippen LogP contribution in [0.5, 0.6) is 0 Å². The molecule has 5 rings (SSSR count). The van der Waals surface area contributed by atoms with Crippen LogP contribution in [0.25, 0.3) is 22.1 Å². The Morgan fingerprint density at radius 3 is 2.56 bits per heavy atom. The Kier molecular flexibility index (Phi) is 9.13. The fourth-order valence-corrected chi connectivity index (χ4v) is 7.06. The van der Waals surface area contributed by atoms with Gasteiger partial charge in [0.05, 0.1) is 31.8 Å². The van der Waals surface area contributed by atoms with Crippen LogP contribution < -0.4 is 21.2 Å². The molecule has 14 heteroatoms. The molecular formula is C29H37N8O5P. The van der Waals surface area contributed by atoms with Gasteiger partial charge in [-0.05, 0) is 46.6 Å². The minimum Gasteiger partial charge on any atom is -0.341 e. The molecule has 1 saturated heterocycles. The summed E-state index contributed by atoms with van der Waals surface area (Å²) in [6.07, 6.45) is 1.53. The number of para-hydroxylation sites is 1. The molecule has 0 unspecified atom stereocenters. The van der Waals surface area contributed by atoms with Crippen molar-refractivity contribution in [3.8, 4) is 11.8 Å². The summed E-state index contributed by atoms with van der Waals surface area (Å²) >= 11 is 0. The molecule has 3 aromatic heterocycles. The molecule has 1 fully saturated rings. The zero-order valence-corrected chi connectivity index (χ0v) is 26.1. The zero-order chi connectivity index (χ0) is 30.7. The van der Waals surface area contributed by atoms with E-state index in [1.165, 1.54) is 4.57 Å². The quantitative estimate of drug-likeness (QED) is 0.211. The van der Waals surface area contributed by atoms with Gasteiger partial charge in [-0.15, -0.1) is 5.92 Å². The molecule has 13 nitrogen and oxygen atoms in total. The lowest BCUT2D eigenvalue weighted by molar-refractivity contribution is 0.204. The molecule has 0 bridgehead atoms. The molecule has 228 valence electrons. The summed E-state index contributed by atoms with van der Waals surface area (Å²) in [5.74, 6) is 6.82. The molecule has 0 amide bonds. The van der Waals surface area contributed by atoms with Crippen LogP contribution in [0.1, 0.15) is 45.1 Å². The highest BCUT2D eigenvalue weighted by Gasteiger charge is 2.32. The molecule has 0 spiro atoms. The molecule has 1 aliphatic heterocycles. The van der Waals surface area contributed by atoms with Crippen LogP contribution in [0.3, 0.4) is 0 Å². The van der Waals surface area contributed by atoms with Crippen molar-refractivity contribution in [3.63, 3.8) is 0 Å². The number of rotatable bonds is 10. The largest absolute Gasteiger partial charge is 0.405 e. The molecule has 1 atom stereocenters. The highest BCUT2D eigenvalue weighted by molar-refractivity contribution is 7.51. The second-order valence-corrected chi connectivity index (χ2v) is 12.1. The lowest BCUT2D eigenvalue weighted by atomic mass is 10.1. The van der Waals surface area contributed by atoms with Crippen LogP contribution in [-0.2, 0) is 33.7 Å². The monoisotopic (exact) mass is 608 g/mol. The maximum absolute atomic E-state index is 14.0. The number of aromatic nitrogens is 6. The third-order valence-corrected chi connectivity index (χ3v) is 9.29. The molecule has 0 aliphatic carbocycles. The van der Waals surface area contributed by atoms with Crippen molar-refractivity contribution in [3.05, 3.63) is 56.6 Å². The van der Waals surface area contributed by atoms with Gasteiger partial charge in [-0.3, -0.25) is 27.5 Å². The van der Waals surface area contributed by atoms with Crippen molar-refractivity contribution in [1.29, 1.82) is 0 Å². The number of nitrogens with zero attached hydrogens (tertiary/aromatic N) is 7. The van der Waals surface area contributed by atoms with Crippen LogP contribution in [0.15, 0.2) is 33.9 Å². The van der Waals surface area contributed by atoms with Gasteiger partial charge < -0.3 is 4.90 Å². The maximum Gasteiger partial charge on any atom is 0.405 e. The standard InChI is InChI=1S/C29H37N8O5P/c1-6-9-17-36-25-26(32-28(36)35-16-12-13-21(18-35)33-43(40,41-7-2)42-8-3)34(5)29(39)37(27(25)38)19-24-30-20(4)22-14-10-11-15-23(22)31-24/h10-11,14-15,21H,7-8,12-13,16-19H2,1-5H3,(H,33,40)/t21-/m1/s1. The van der Waals surface area contributed by atoms with Crippen molar-refractivity contribution in [2.45, 2.75) is 59.7 Å². The van der Waals surface area contributed by atoms with Crippen LogP contribution in [0.4, 0.5) is 5.95 Å². The number of hydrogen-bond acceptors (Lipinski definition) is 9. The van der Waals surface area contributed by atoms with E-state index in [0.29, 0.717) is 24.9 Å². The second-order valence-electron chi connectivity index (χ2n) is 10.3. The molecule has 1 aromatic carbocycles. The number of hydrogen-bond donors (Lipinski definition) is 1. The summed E-state index contributed by atoms with van der Waals surface area (Å²) in [6.45, 7) is 8.84. The third-order valence-electron chi connectivity index (χ3n) is 7.41. The minimum atomic E-state index is -3.48. The van der Waals surface area contributed by atoms with E-state index in [9.17, 15) is 14.2 Å². The van der Waals surface area contributed by atoms with Gasteiger partial charge >= 0.3 is 13.4 Å². The van der Waals surface area contributed by atoms with Crippen LogP contribution >= 0.6 is 7.75 Å². The highest BCUT2D eigenvalue weighted by Crippen LogP contribution is 2.44. The number of piperidine rings is 1. The van der Waals surface area contributed by atoms with Gasteiger partial charge in [0.15, 0.2) is 11.2 Å². The number of anilines is 1. The van der Waals surface area contributed by atoms with Crippen LogP contribution in [0, 0.1) is 18.8 Å². The van der Waals surface area contributed by atoms with E-state index in [2.05, 4.69) is 26.9 Å². The van der Waals surface area contributed by atoms with Crippen molar-refractivity contribution in [2.24, 2.45) is 7.05 Å². The van der Waals surface area contributed by atoms with Gasteiger partial charge in [0, 0.05) is 37.3 Å². The lowest BCUT2D eigenvalue weighted by Crippen LogP contribution is -2.46. The first-order valence-corrected chi connectivity index (χ1v) is 16.0. The van der Waals surface area contributed by atoms with E-state index >= 15 is 0 Å². The SMILES string of the molecule is CC#CCn1c(N2CCC[C@@H](NP(=O)(OCC)OCC)C2)nc2c1c(=O)n(Cc1nc(C)c3ccccc3n1)c(=O)n2C. The van der Waals surface area contributed by atoms with Gasteiger partial charge in [0.2, 0.25) is 5.95 Å². The summed E-state index contributed by atoms with van der Waals surface area (Å²) in [4.78, 5) is 43.5. The molecule has 1 aliphatic rings. The molecule has 43 heavy (non-hydrogen) atoms. The topological polar surface area (TPSA) is 138 Å². The summed E-state index contributed by atoms with van der Waals surface area (Å²) in [5, 5.41) is 4.00. The Balaban J connectivity index is 1.57. The number of nitrogens with one attached hydrogen (secondary N) is 1. The third kappa shape index (κ3) is 6.15. The Labute approximate surface area is 249 Å². The van der Waals surface area contributed by atoms with Gasteiger partial charge in [-0.2, -0.15) is 4.98 Å². The molecule has 4 heterocycles. The summed E-state index contributed by atoms with van der Waals surface area (Å²) in [7, 11) is -1.88. The van der Waals surface area contributed by atoms with E-state index in [0.717, 1.165) is 34.0 Å². The highest BCUT2D eigenvalue weighted by atomic mass is 31.2. The molecule has 0 saturated carbocycles. The fourth-order valence-electron chi connectivity index (χ4n) is 5.50. The van der Waals surface area contributed by atoms with Crippen molar-refractivity contribution in [1.82, 2.24) is 33.7 Å². The predicted molar refractivity (Wildman–Crippen MR) is 165 cm³/mol. The average Bonchev–Trinajstić information content (AvgIpc) is 3.37. The first kappa shape index (κ1) is 30.6. The van der Waals surface area contributed by atoms with E-state index in [4.69, 9.17) is 14.0 Å². The van der Waals surface area contributed by atoms with E-state index in [1.807, 2.05) is 36.1 Å². The normalized spacial score (nSPS) is 15.7. The summed E-state index contributed by atoms with van der Waals surface area (Å²) in [6, 6.07) is 7.41. The van der Waals surface area contributed by atoms with Crippen molar-refractivity contribution >= 4 is 35.8 Å². The average molecular weight is 609 g/mol. The number of aryl methyl sites for hydroxylation is 2. The number of fused-ring (bicyclic) bond motifs is 2.